The fraction of sp³-hybridized carbons (Fsp3) is 0.136. The van der Waals surface area contributed by atoms with Crippen molar-refractivity contribution in [1.29, 1.82) is 0 Å². The standard InChI is InChI=1S/C22H19F2NO/c1-15(19-13-12-18(23)14-20(19)24)25-22(26)21(16-8-4-2-5-9-16)17-10-6-3-7-11-17/h2-15,21H,1H3,(H,25,26)/t15-/m0/s1. The molecule has 0 spiro atoms. The first-order valence-corrected chi connectivity index (χ1v) is 8.41. The van der Waals surface area contributed by atoms with Crippen molar-refractivity contribution in [1.82, 2.24) is 5.32 Å². The molecule has 4 heteroatoms. The summed E-state index contributed by atoms with van der Waals surface area (Å²) < 4.78 is 27.1. The van der Waals surface area contributed by atoms with Crippen LogP contribution in [0.25, 0.3) is 0 Å². The van der Waals surface area contributed by atoms with Crippen molar-refractivity contribution < 1.29 is 13.6 Å². The maximum absolute atomic E-state index is 14.0. The Bertz CT molecular complexity index is 842. The monoisotopic (exact) mass is 351 g/mol. The normalized spacial score (nSPS) is 12.0. The molecule has 1 N–H and O–H groups in total. The Morgan fingerprint density at radius 3 is 1.88 bits per heavy atom. The number of amides is 1. The number of carbonyl (C=O) groups is 1. The van der Waals surface area contributed by atoms with E-state index in [-0.39, 0.29) is 11.5 Å². The molecule has 26 heavy (non-hydrogen) atoms. The zero-order chi connectivity index (χ0) is 18.5. The lowest BCUT2D eigenvalue weighted by Crippen LogP contribution is -2.32. The minimum absolute atomic E-state index is 0.237. The Hall–Kier alpha value is -3.01. The van der Waals surface area contributed by atoms with Gasteiger partial charge in [-0.1, -0.05) is 66.7 Å². The molecule has 0 unspecified atom stereocenters. The fourth-order valence-electron chi connectivity index (χ4n) is 3.01. The van der Waals surface area contributed by atoms with Gasteiger partial charge in [0.2, 0.25) is 5.91 Å². The zero-order valence-corrected chi connectivity index (χ0v) is 14.3. The van der Waals surface area contributed by atoms with Gasteiger partial charge in [0.05, 0.1) is 12.0 Å². The van der Waals surface area contributed by atoms with E-state index in [1.807, 2.05) is 60.7 Å². The minimum Gasteiger partial charge on any atom is -0.349 e. The highest BCUT2D eigenvalue weighted by Crippen LogP contribution is 2.26. The van der Waals surface area contributed by atoms with E-state index in [9.17, 15) is 13.6 Å². The molecule has 0 bridgehead atoms. The summed E-state index contributed by atoms with van der Waals surface area (Å²) in [6, 6.07) is 21.6. The Kier molecular flexibility index (Phi) is 5.42. The van der Waals surface area contributed by atoms with E-state index in [1.165, 1.54) is 12.1 Å². The topological polar surface area (TPSA) is 29.1 Å². The number of rotatable bonds is 5. The zero-order valence-electron chi connectivity index (χ0n) is 14.3. The molecule has 0 saturated carbocycles. The Morgan fingerprint density at radius 2 is 1.38 bits per heavy atom. The van der Waals surface area contributed by atoms with Crippen LogP contribution in [0.2, 0.25) is 0 Å². The summed E-state index contributed by atoms with van der Waals surface area (Å²) in [5.74, 6) is -2.06. The highest BCUT2D eigenvalue weighted by atomic mass is 19.1. The predicted octanol–water partition coefficient (Wildman–Crippen LogP) is 4.97. The molecule has 2 nitrogen and oxygen atoms in total. The van der Waals surface area contributed by atoms with Gasteiger partial charge in [-0.3, -0.25) is 4.79 Å². The molecule has 0 heterocycles. The van der Waals surface area contributed by atoms with Crippen LogP contribution in [-0.4, -0.2) is 5.91 Å². The molecule has 0 aromatic heterocycles. The van der Waals surface area contributed by atoms with Crippen molar-refractivity contribution >= 4 is 5.91 Å². The van der Waals surface area contributed by atoms with Crippen molar-refractivity contribution in [2.24, 2.45) is 0 Å². The lowest BCUT2D eigenvalue weighted by molar-refractivity contribution is -0.122. The lowest BCUT2D eigenvalue weighted by atomic mass is 9.90. The van der Waals surface area contributed by atoms with Crippen LogP contribution in [0, 0.1) is 11.6 Å². The largest absolute Gasteiger partial charge is 0.349 e. The van der Waals surface area contributed by atoms with Crippen LogP contribution in [-0.2, 0) is 4.79 Å². The van der Waals surface area contributed by atoms with Crippen LogP contribution in [0.1, 0.15) is 35.6 Å². The number of benzene rings is 3. The van der Waals surface area contributed by atoms with Gasteiger partial charge in [-0.05, 0) is 24.1 Å². The molecule has 0 aliphatic rings. The Morgan fingerprint density at radius 1 is 0.846 bits per heavy atom. The molecule has 132 valence electrons. The van der Waals surface area contributed by atoms with E-state index in [2.05, 4.69) is 5.32 Å². The first-order chi connectivity index (χ1) is 12.6. The number of hydrogen-bond donors (Lipinski definition) is 1. The summed E-state index contributed by atoms with van der Waals surface area (Å²) in [6.07, 6.45) is 0. The Labute approximate surface area is 151 Å². The molecule has 1 amide bonds. The van der Waals surface area contributed by atoms with E-state index in [0.717, 1.165) is 17.2 Å². The van der Waals surface area contributed by atoms with Crippen molar-refractivity contribution in [3.8, 4) is 0 Å². The number of nitrogens with one attached hydrogen (secondary N) is 1. The molecule has 0 fully saturated rings. The molecule has 3 aromatic rings. The second kappa shape index (κ2) is 7.91. The van der Waals surface area contributed by atoms with Gasteiger partial charge in [0.25, 0.3) is 0 Å². The van der Waals surface area contributed by atoms with Crippen LogP contribution >= 0.6 is 0 Å². The number of carbonyl (C=O) groups excluding carboxylic acids is 1. The highest BCUT2D eigenvalue weighted by Gasteiger charge is 2.24. The average Bonchev–Trinajstić information content (AvgIpc) is 2.63. The van der Waals surface area contributed by atoms with E-state index in [1.54, 1.807) is 6.92 Å². The summed E-state index contributed by atoms with van der Waals surface area (Å²) in [5.41, 5.74) is 1.95. The van der Waals surface area contributed by atoms with Crippen molar-refractivity contribution in [3.05, 3.63) is 107 Å². The third-order valence-corrected chi connectivity index (χ3v) is 4.32. The van der Waals surface area contributed by atoms with Gasteiger partial charge in [0, 0.05) is 11.6 Å². The molecule has 0 aliphatic heterocycles. The van der Waals surface area contributed by atoms with Crippen LogP contribution < -0.4 is 5.32 Å². The second-order valence-electron chi connectivity index (χ2n) is 6.15. The van der Waals surface area contributed by atoms with Crippen molar-refractivity contribution in [3.63, 3.8) is 0 Å². The second-order valence-corrected chi connectivity index (χ2v) is 6.15. The van der Waals surface area contributed by atoms with Gasteiger partial charge in [-0.2, -0.15) is 0 Å². The molecule has 3 rings (SSSR count). The fourth-order valence-corrected chi connectivity index (χ4v) is 3.01. The van der Waals surface area contributed by atoms with Crippen LogP contribution in [0.4, 0.5) is 8.78 Å². The summed E-state index contributed by atoms with van der Waals surface area (Å²) >= 11 is 0. The van der Waals surface area contributed by atoms with Gasteiger partial charge >= 0.3 is 0 Å². The van der Waals surface area contributed by atoms with E-state index < -0.39 is 23.6 Å². The Balaban J connectivity index is 1.88. The highest BCUT2D eigenvalue weighted by molar-refractivity contribution is 5.87. The lowest BCUT2D eigenvalue weighted by Gasteiger charge is -2.21. The maximum Gasteiger partial charge on any atom is 0.232 e. The van der Waals surface area contributed by atoms with Crippen LogP contribution in [0.3, 0.4) is 0 Å². The smallest absolute Gasteiger partial charge is 0.232 e. The summed E-state index contributed by atoms with van der Waals surface area (Å²) in [4.78, 5) is 13.0. The average molecular weight is 351 g/mol. The molecule has 0 aliphatic carbocycles. The van der Waals surface area contributed by atoms with Crippen molar-refractivity contribution in [2.45, 2.75) is 18.9 Å². The van der Waals surface area contributed by atoms with E-state index >= 15 is 0 Å². The molecule has 3 aromatic carbocycles. The van der Waals surface area contributed by atoms with Gasteiger partial charge < -0.3 is 5.32 Å². The maximum atomic E-state index is 14.0. The third kappa shape index (κ3) is 3.97. The molecule has 0 radical (unpaired) electrons. The SMILES string of the molecule is C[C@H](NC(=O)C(c1ccccc1)c1ccccc1)c1ccc(F)cc1F. The van der Waals surface area contributed by atoms with E-state index in [4.69, 9.17) is 0 Å². The predicted molar refractivity (Wildman–Crippen MR) is 97.6 cm³/mol. The van der Waals surface area contributed by atoms with Crippen molar-refractivity contribution in [2.75, 3.05) is 0 Å². The number of halogens is 2. The quantitative estimate of drug-likeness (QED) is 0.690. The first-order valence-electron chi connectivity index (χ1n) is 8.41. The van der Waals surface area contributed by atoms with Gasteiger partial charge in [0.1, 0.15) is 11.6 Å². The summed E-state index contributed by atoms with van der Waals surface area (Å²) in [5, 5.41) is 2.85. The van der Waals surface area contributed by atoms with Crippen LogP contribution in [0.5, 0.6) is 0 Å². The van der Waals surface area contributed by atoms with Gasteiger partial charge in [0.15, 0.2) is 0 Å². The molecule has 1 atom stereocenters. The summed E-state index contributed by atoms with van der Waals surface area (Å²) in [7, 11) is 0. The molecule has 0 saturated heterocycles. The van der Waals surface area contributed by atoms with Crippen LogP contribution in [0.15, 0.2) is 78.9 Å². The first kappa shape index (κ1) is 17.8. The molecular weight excluding hydrogens is 332 g/mol. The number of hydrogen-bond acceptors (Lipinski definition) is 1. The summed E-state index contributed by atoms with van der Waals surface area (Å²) in [6.45, 7) is 1.68. The van der Waals surface area contributed by atoms with Gasteiger partial charge in [-0.25, -0.2) is 8.78 Å². The third-order valence-electron chi connectivity index (χ3n) is 4.32. The minimum atomic E-state index is -0.672. The van der Waals surface area contributed by atoms with E-state index in [0.29, 0.717) is 0 Å². The molecular formula is C22H19F2NO. The van der Waals surface area contributed by atoms with Gasteiger partial charge in [-0.15, -0.1) is 0 Å².